The van der Waals surface area contributed by atoms with Crippen molar-refractivity contribution in [1.82, 2.24) is 10.6 Å². The maximum atomic E-state index is 11.8. The van der Waals surface area contributed by atoms with Crippen molar-refractivity contribution in [3.8, 4) is 0 Å². The highest BCUT2D eigenvalue weighted by molar-refractivity contribution is 5.87. The Labute approximate surface area is 214 Å². The van der Waals surface area contributed by atoms with Crippen LogP contribution in [0.1, 0.15) is 84.5 Å². The van der Waals surface area contributed by atoms with Gasteiger partial charge in [0.1, 0.15) is 0 Å². The maximum absolute atomic E-state index is 11.8. The van der Waals surface area contributed by atoms with Gasteiger partial charge in [-0.15, -0.1) is 0 Å². The summed E-state index contributed by atoms with van der Waals surface area (Å²) in [6.45, 7) is 5.36. The van der Waals surface area contributed by atoms with Crippen LogP contribution in [-0.4, -0.2) is 24.9 Å². The van der Waals surface area contributed by atoms with E-state index < -0.39 is 0 Å². The van der Waals surface area contributed by atoms with Gasteiger partial charge in [0.15, 0.2) is 0 Å². The van der Waals surface area contributed by atoms with Crippen molar-refractivity contribution >= 4 is 11.8 Å². The Morgan fingerprint density at radius 3 is 1.54 bits per heavy atom. The lowest BCUT2D eigenvalue weighted by Crippen LogP contribution is -2.24. The smallest absolute Gasteiger partial charge is 0.243 e. The van der Waals surface area contributed by atoms with Crippen LogP contribution >= 0.6 is 0 Å². The predicted molar refractivity (Wildman–Crippen MR) is 152 cm³/mol. The fourth-order valence-electron chi connectivity index (χ4n) is 3.02. The monoisotopic (exact) mass is 480 g/mol. The number of unbranched alkanes of at least 4 members (excludes halogenated alkanes) is 2. The molecule has 0 atom stereocenters. The fourth-order valence-corrected chi connectivity index (χ4v) is 3.02. The highest BCUT2D eigenvalue weighted by atomic mass is 16.2. The minimum Gasteiger partial charge on any atom is -0.356 e. The van der Waals surface area contributed by atoms with E-state index in [9.17, 15) is 9.59 Å². The van der Waals surface area contributed by atoms with Gasteiger partial charge in [0, 0.05) is 19.5 Å². The quantitative estimate of drug-likeness (QED) is 0.102. The van der Waals surface area contributed by atoms with Crippen molar-refractivity contribution in [2.45, 2.75) is 84.5 Å². The van der Waals surface area contributed by atoms with Gasteiger partial charge in [0.05, 0.1) is 0 Å². The predicted octanol–water partition coefficient (Wildman–Crippen LogP) is 7.44. The van der Waals surface area contributed by atoms with E-state index in [1.54, 1.807) is 6.08 Å². The molecule has 0 saturated heterocycles. The molecule has 0 unspecified atom stereocenters. The standard InChI is InChI=1S/C31H48N2O2/c1-3-5-6-7-8-9-10-11-12-13-14-15-16-17-18-19-20-21-23-27-31(35)33-29-25-22-24-28-32-30(34)26-4-2/h4-6,8-9,11-12,14-15,17-18,20-21,26H,3,7,10,13,16,19,22-25,27-29H2,1-2H3,(H,32,34)(H,33,35)/b6-5-,9-8-,12-11-,15-14-,18-17-,21-20-,26-4+. The van der Waals surface area contributed by atoms with Gasteiger partial charge >= 0.3 is 0 Å². The van der Waals surface area contributed by atoms with Crippen molar-refractivity contribution in [2.75, 3.05) is 13.1 Å². The van der Waals surface area contributed by atoms with Gasteiger partial charge in [-0.2, -0.15) is 0 Å². The van der Waals surface area contributed by atoms with Crippen LogP contribution < -0.4 is 10.6 Å². The van der Waals surface area contributed by atoms with E-state index in [0.29, 0.717) is 19.5 Å². The summed E-state index contributed by atoms with van der Waals surface area (Å²) in [7, 11) is 0. The SMILES string of the molecule is C/C=C/C(=O)NCCCCCNC(=O)CC/C=C\C/C=C\C/C=C\C/C=C\C/C=C\C/C=C\CC. The Kier molecular flexibility index (Phi) is 25.1. The van der Waals surface area contributed by atoms with Crippen molar-refractivity contribution in [3.05, 3.63) is 85.1 Å². The zero-order valence-electron chi connectivity index (χ0n) is 22.1. The largest absolute Gasteiger partial charge is 0.356 e. The van der Waals surface area contributed by atoms with Gasteiger partial charge in [0.25, 0.3) is 0 Å². The van der Waals surface area contributed by atoms with Crippen LogP contribution in [0.4, 0.5) is 0 Å². The molecule has 0 fully saturated rings. The van der Waals surface area contributed by atoms with E-state index in [1.807, 2.05) is 6.92 Å². The van der Waals surface area contributed by atoms with Gasteiger partial charge in [-0.3, -0.25) is 9.59 Å². The molecule has 0 rings (SSSR count). The summed E-state index contributed by atoms with van der Waals surface area (Å²) >= 11 is 0. The summed E-state index contributed by atoms with van der Waals surface area (Å²) in [4.78, 5) is 23.1. The number of hydrogen-bond acceptors (Lipinski definition) is 2. The molecule has 0 aromatic carbocycles. The van der Waals surface area contributed by atoms with E-state index in [2.05, 4.69) is 90.5 Å². The molecule has 0 aromatic heterocycles. The van der Waals surface area contributed by atoms with Crippen LogP contribution in [-0.2, 0) is 9.59 Å². The second kappa shape index (κ2) is 27.4. The van der Waals surface area contributed by atoms with E-state index >= 15 is 0 Å². The molecule has 4 nitrogen and oxygen atoms in total. The zero-order valence-corrected chi connectivity index (χ0v) is 22.1. The molecule has 0 aromatic rings. The number of nitrogens with one attached hydrogen (secondary N) is 2. The topological polar surface area (TPSA) is 58.2 Å². The highest BCUT2D eigenvalue weighted by Crippen LogP contribution is 1.98. The van der Waals surface area contributed by atoms with E-state index in [1.165, 1.54) is 6.08 Å². The van der Waals surface area contributed by atoms with E-state index in [-0.39, 0.29) is 11.8 Å². The van der Waals surface area contributed by atoms with Crippen molar-refractivity contribution in [2.24, 2.45) is 0 Å². The lowest BCUT2D eigenvalue weighted by atomic mass is 10.2. The zero-order chi connectivity index (χ0) is 25.7. The molecule has 35 heavy (non-hydrogen) atoms. The number of carbonyl (C=O) groups excluding carboxylic acids is 2. The van der Waals surface area contributed by atoms with Crippen LogP contribution in [0, 0.1) is 0 Å². The summed E-state index contributed by atoms with van der Waals surface area (Å²) in [5.74, 6) is 0.0566. The summed E-state index contributed by atoms with van der Waals surface area (Å²) in [6, 6.07) is 0. The average Bonchev–Trinajstić information content (AvgIpc) is 2.85. The van der Waals surface area contributed by atoms with Crippen molar-refractivity contribution in [3.63, 3.8) is 0 Å². The molecular weight excluding hydrogens is 432 g/mol. The Hall–Kier alpha value is -2.88. The third-order valence-corrected chi connectivity index (χ3v) is 4.93. The molecule has 4 heteroatoms. The van der Waals surface area contributed by atoms with Gasteiger partial charge in [0.2, 0.25) is 11.8 Å². The van der Waals surface area contributed by atoms with E-state index in [0.717, 1.165) is 64.2 Å². The summed E-state index contributed by atoms with van der Waals surface area (Å²) in [5, 5.41) is 5.78. The third kappa shape index (κ3) is 27.2. The lowest BCUT2D eigenvalue weighted by molar-refractivity contribution is -0.121. The first-order valence-electron chi connectivity index (χ1n) is 13.3. The fraction of sp³-hybridized carbons (Fsp3) is 0.484. The van der Waals surface area contributed by atoms with Crippen LogP contribution in [0.25, 0.3) is 0 Å². The van der Waals surface area contributed by atoms with Gasteiger partial charge in [-0.1, -0.05) is 85.9 Å². The number of carbonyl (C=O) groups is 2. The first kappa shape index (κ1) is 32.1. The van der Waals surface area contributed by atoms with Crippen LogP contribution in [0.15, 0.2) is 85.1 Å². The van der Waals surface area contributed by atoms with E-state index in [4.69, 9.17) is 0 Å². The second-order valence-corrected chi connectivity index (χ2v) is 8.16. The molecule has 0 radical (unpaired) electrons. The average molecular weight is 481 g/mol. The van der Waals surface area contributed by atoms with Gasteiger partial charge in [-0.05, 0) is 77.2 Å². The molecule has 0 aliphatic carbocycles. The van der Waals surface area contributed by atoms with Crippen LogP contribution in [0.3, 0.4) is 0 Å². The molecule has 0 aliphatic rings. The molecular formula is C31H48N2O2. The molecule has 2 amide bonds. The number of amides is 2. The van der Waals surface area contributed by atoms with Crippen LogP contribution in [0.2, 0.25) is 0 Å². The molecule has 0 aliphatic heterocycles. The van der Waals surface area contributed by atoms with Crippen LogP contribution in [0.5, 0.6) is 0 Å². The van der Waals surface area contributed by atoms with Gasteiger partial charge in [-0.25, -0.2) is 0 Å². The molecule has 2 N–H and O–H groups in total. The Balaban J connectivity index is 3.55. The molecule has 0 spiro atoms. The molecule has 194 valence electrons. The minimum atomic E-state index is -0.0461. The number of allylic oxidation sites excluding steroid dienone is 13. The molecule has 0 saturated carbocycles. The second-order valence-electron chi connectivity index (χ2n) is 8.16. The third-order valence-electron chi connectivity index (χ3n) is 4.93. The first-order valence-corrected chi connectivity index (χ1v) is 13.3. The minimum absolute atomic E-state index is 0.0461. The maximum Gasteiger partial charge on any atom is 0.243 e. The summed E-state index contributed by atoms with van der Waals surface area (Å²) < 4.78 is 0. The summed E-state index contributed by atoms with van der Waals surface area (Å²) in [6.07, 6.45) is 39.5. The normalized spacial score (nSPS) is 12.6. The van der Waals surface area contributed by atoms with Crippen molar-refractivity contribution in [1.29, 1.82) is 0 Å². The molecule has 0 bridgehead atoms. The Morgan fingerprint density at radius 1 is 0.600 bits per heavy atom. The number of hydrogen-bond donors (Lipinski definition) is 2. The van der Waals surface area contributed by atoms with Gasteiger partial charge < -0.3 is 10.6 Å². The highest BCUT2D eigenvalue weighted by Gasteiger charge is 1.99. The Morgan fingerprint density at radius 2 is 1.06 bits per heavy atom. The van der Waals surface area contributed by atoms with Crippen molar-refractivity contribution < 1.29 is 9.59 Å². The number of rotatable bonds is 21. The summed E-state index contributed by atoms with van der Waals surface area (Å²) in [5.41, 5.74) is 0. The first-order chi connectivity index (χ1) is 17.2. The Bertz CT molecular complexity index is 724. The lowest BCUT2D eigenvalue weighted by Gasteiger charge is -2.05. The molecule has 0 heterocycles.